The number of oxazole rings is 1. The first kappa shape index (κ1) is 13.3. The van der Waals surface area contributed by atoms with E-state index in [0.29, 0.717) is 17.2 Å². The predicted octanol–water partition coefficient (Wildman–Crippen LogP) is 2.67. The molecule has 0 saturated carbocycles. The third-order valence-corrected chi connectivity index (χ3v) is 2.91. The van der Waals surface area contributed by atoms with E-state index in [1.165, 1.54) is 6.07 Å². The lowest BCUT2D eigenvalue weighted by Crippen LogP contribution is -2.24. The first-order valence-electron chi connectivity index (χ1n) is 5.95. The highest BCUT2D eigenvalue weighted by Crippen LogP contribution is 2.12. The van der Waals surface area contributed by atoms with Crippen LogP contribution in [0.25, 0.3) is 0 Å². The van der Waals surface area contributed by atoms with E-state index in [0.717, 1.165) is 5.69 Å². The zero-order valence-electron chi connectivity index (χ0n) is 11.1. The number of aryl methyl sites for hydroxylation is 3. The van der Waals surface area contributed by atoms with Crippen molar-refractivity contribution in [2.24, 2.45) is 0 Å². The van der Waals surface area contributed by atoms with E-state index in [1.807, 2.05) is 6.92 Å². The summed E-state index contributed by atoms with van der Waals surface area (Å²) in [5.74, 6) is 0.150. The minimum atomic E-state index is -0.500. The number of benzene rings is 1. The number of carbonyl (C=O) groups is 1. The number of hydrogen-bond donors (Lipinski definition) is 1. The zero-order valence-corrected chi connectivity index (χ0v) is 11.1. The average Bonchev–Trinajstić information content (AvgIpc) is 2.69. The Morgan fingerprint density at radius 3 is 2.74 bits per heavy atom. The Hall–Kier alpha value is -2.17. The number of nitrogens with zero attached hydrogens (tertiary/aromatic N) is 1. The van der Waals surface area contributed by atoms with E-state index in [1.54, 1.807) is 26.0 Å². The van der Waals surface area contributed by atoms with E-state index in [2.05, 4.69) is 10.3 Å². The Kier molecular flexibility index (Phi) is 3.64. The second-order valence-corrected chi connectivity index (χ2v) is 4.37. The molecule has 0 fully saturated rings. The molecular formula is C14H15FN2O2. The molecule has 4 nitrogen and oxygen atoms in total. The van der Waals surface area contributed by atoms with Crippen molar-refractivity contribution in [1.82, 2.24) is 10.3 Å². The molecule has 0 aliphatic rings. The fourth-order valence-electron chi connectivity index (χ4n) is 1.69. The third kappa shape index (κ3) is 2.81. The summed E-state index contributed by atoms with van der Waals surface area (Å²) in [5.41, 5.74) is 1.25. The minimum absolute atomic E-state index is 0.0278. The van der Waals surface area contributed by atoms with E-state index >= 15 is 0 Å². The first-order chi connectivity index (χ1) is 8.99. The standard InChI is InChI=1S/C14H15FN2O2/c1-8-5-4-6-11(13(8)15)14(18)16-7-12-17-9(2)10(3)19-12/h4-6H,7H2,1-3H3,(H,16,18). The van der Waals surface area contributed by atoms with E-state index in [-0.39, 0.29) is 12.1 Å². The second-order valence-electron chi connectivity index (χ2n) is 4.37. The van der Waals surface area contributed by atoms with E-state index in [9.17, 15) is 9.18 Å². The van der Waals surface area contributed by atoms with Gasteiger partial charge < -0.3 is 9.73 Å². The van der Waals surface area contributed by atoms with Crippen molar-refractivity contribution in [2.75, 3.05) is 0 Å². The summed E-state index contributed by atoms with van der Waals surface area (Å²) in [6, 6.07) is 4.71. The number of carbonyl (C=O) groups excluding carboxylic acids is 1. The Morgan fingerprint density at radius 2 is 2.11 bits per heavy atom. The van der Waals surface area contributed by atoms with Crippen molar-refractivity contribution in [1.29, 1.82) is 0 Å². The van der Waals surface area contributed by atoms with E-state index in [4.69, 9.17) is 4.42 Å². The van der Waals surface area contributed by atoms with Gasteiger partial charge in [-0.1, -0.05) is 12.1 Å². The molecule has 5 heteroatoms. The normalized spacial score (nSPS) is 10.5. The largest absolute Gasteiger partial charge is 0.444 e. The summed E-state index contributed by atoms with van der Waals surface area (Å²) in [4.78, 5) is 16.0. The molecule has 0 unspecified atom stereocenters. The molecule has 0 spiro atoms. The van der Waals surface area contributed by atoms with Gasteiger partial charge in [0.1, 0.15) is 11.6 Å². The van der Waals surface area contributed by atoms with Gasteiger partial charge in [0.05, 0.1) is 17.8 Å². The number of amides is 1. The predicted molar refractivity (Wildman–Crippen MR) is 68.3 cm³/mol. The number of rotatable bonds is 3. The van der Waals surface area contributed by atoms with Gasteiger partial charge in [0.15, 0.2) is 0 Å². The van der Waals surface area contributed by atoms with Crippen LogP contribution >= 0.6 is 0 Å². The molecule has 1 N–H and O–H groups in total. The summed E-state index contributed by atoms with van der Waals surface area (Å²) in [7, 11) is 0. The van der Waals surface area contributed by atoms with Crippen LogP contribution < -0.4 is 5.32 Å². The third-order valence-electron chi connectivity index (χ3n) is 2.91. The van der Waals surface area contributed by atoms with Gasteiger partial charge in [-0.3, -0.25) is 4.79 Å². The van der Waals surface area contributed by atoms with E-state index < -0.39 is 11.7 Å². The molecule has 2 rings (SSSR count). The molecule has 0 aliphatic carbocycles. The Balaban J connectivity index is 2.07. The molecule has 100 valence electrons. The Morgan fingerprint density at radius 1 is 1.37 bits per heavy atom. The smallest absolute Gasteiger partial charge is 0.254 e. The fourth-order valence-corrected chi connectivity index (χ4v) is 1.69. The molecule has 0 atom stereocenters. The number of nitrogens with one attached hydrogen (secondary N) is 1. The average molecular weight is 262 g/mol. The first-order valence-corrected chi connectivity index (χ1v) is 5.95. The molecule has 1 heterocycles. The van der Waals surface area contributed by atoms with Crippen molar-refractivity contribution >= 4 is 5.91 Å². The summed E-state index contributed by atoms with van der Waals surface area (Å²) in [6.07, 6.45) is 0. The molecule has 0 saturated heterocycles. The topological polar surface area (TPSA) is 55.1 Å². The fraction of sp³-hybridized carbons (Fsp3) is 0.286. The van der Waals surface area contributed by atoms with Crippen LogP contribution in [0.4, 0.5) is 4.39 Å². The molecular weight excluding hydrogens is 247 g/mol. The molecule has 0 aliphatic heterocycles. The zero-order chi connectivity index (χ0) is 14.0. The van der Waals surface area contributed by atoms with Crippen molar-refractivity contribution in [3.8, 4) is 0 Å². The molecule has 1 amide bonds. The molecule has 1 aromatic heterocycles. The number of aromatic nitrogens is 1. The number of hydrogen-bond acceptors (Lipinski definition) is 3. The van der Waals surface area contributed by atoms with Gasteiger partial charge in [-0.2, -0.15) is 0 Å². The summed E-state index contributed by atoms with van der Waals surface area (Å²) >= 11 is 0. The van der Waals surface area contributed by atoms with Crippen LogP contribution in [-0.4, -0.2) is 10.9 Å². The van der Waals surface area contributed by atoms with Gasteiger partial charge in [-0.15, -0.1) is 0 Å². The lowest BCUT2D eigenvalue weighted by Gasteiger charge is -2.05. The van der Waals surface area contributed by atoms with Crippen LogP contribution in [0.2, 0.25) is 0 Å². The van der Waals surface area contributed by atoms with Gasteiger partial charge in [0, 0.05) is 0 Å². The summed E-state index contributed by atoms with van der Waals surface area (Å²) in [6.45, 7) is 5.38. The maximum absolute atomic E-state index is 13.7. The highest BCUT2D eigenvalue weighted by atomic mass is 19.1. The second kappa shape index (κ2) is 5.22. The SMILES string of the molecule is Cc1cccc(C(=O)NCc2nc(C)c(C)o2)c1F. The van der Waals surface area contributed by atoms with Gasteiger partial charge in [-0.05, 0) is 32.4 Å². The van der Waals surface area contributed by atoms with Gasteiger partial charge >= 0.3 is 0 Å². The molecule has 19 heavy (non-hydrogen) atoms. The molecule has 0 radical (unpaired) electrons. The van der Waals surface area contributed by atoms with Gasteiger partial charge in [-0.25, -0.2) is 9.37 Å². The highest BCUT2D eigenvalue weighted by molar-refractivity contribution is 5.94. The highest BCUT2D eigenvalue weighted by Gasteiger charge is 2.14. The van der Waals surface area contributed by atoms with Crippen molar-refractivity contribution < 1.29 is 13.6 Å². The quantitative estimate of drug-likeness (QED) is 0.925. The molecule has 0 bridgehead atoms. The van der Waals surface area contributed by atoms with Crippen molar-refractivity contribution in [3.63, 3.8) is 0 Å². The molecule has 2 aromatic rings. The Labute approximate surface area is 110 Å². The van der Waals surface area contributed by atoms with Gasteiger partial charge in [0.25, 0.3) is 5.91 Å². The summed E-state index contributed by atoms with van der Waals surface area (Å²) in [5, 5.41) is 2.59. The van der Waals surface area contributed by atoms with Crippen LogP contribution in [0.5, 0.6) is 0 Å². The minimum Gasteiger partial charge on any atom is -0.444 e. The Bertz CT molecular complexity index is 600. The molecule has 1 aromatic carbocycles. The lowest BCUT2D eigenvalue weighted by molar-refractivity contribution is 0.0943. The van der Waals surface area contributed by atoms with Crippen molar-refractivity contribution in [2.45, 2.75) is 27.3 Å². The van der Waals surface area contributed by atoms with Crippen LogP contribution in [0.15, 0.2) is 22.6 Å². The summed E-state index contributed by atoms with van der Waals surface area (Å²) < 4.78 is 19.1. The lowest BCUT2D eigenvalue weighted by atomic mass is 10.1. The van der Waals surface area contributed by atoms with Crippen LogP contribution in [0.1, 0.15) is 33.3 Å². The van der Waals surface area contributed by atoms with Crippen LogP contribution in [0.3, 0.4) is 0 Å². The van der Waals surface area contributed by atoms with Crippen LogP contribution in [-0.2, 0) is 6.54 Å². The monoisotopic (exact) mass is 262 g/mol. The van der Waals surface area contributed by atoms with Crippen LogP contribution in [0, 0.1) is 26.6 Å². The maximum atomic E-state index is 13.7. The van der Waals surface area contributed by atoms with Gasteiger partial charge in [0.2, 0.25) is 5.89 Å². The maximum Gasteiger partial charge on any atom is 0.254 e. The number of halogens is 1. The van der Waals surface area contributed by atoms with Crippen molar-refractivity contribution in [3.05, 3.63) is 52.5 Å².